The van der Waals surface area contributed by atoms with Crippen molar-refractivity contribution >= 4 is 11.9 Å². The number of anilines is 1. The highest BCUT2D eigenvalue weighted by molar-refractivity contribution is 5.76. The quantitative estimate of drug-likeness (QED) is 0.718. The van der Waals surface area contributed by atoms with E-state index in [0.717, 1.165) is 90.3 Å². The van der Waals surface area contributed by atoms with E-state index in [1.807, 2.05) is 18.5 Å². The second kappa shape index (κ2) is 9.49. The van der Waals surface area contributed by atoms with E-state index >= 15 is 0 Å². The Bertz CT molecular complexity index is 591. The van der Waals surface area contributed by atoms with Crippen LogP contribution in [0.2, 0.25) is 0 Å². The zero-order chi connectivity index (χ0) is 19.1. The van der Waals surface area contributed by atoms with Gasteiger partial charge in [-0.25, -0.2) is 9.97 Å². The average molecular weight is 374 g/mol. The van der Waals surface area contributed by atoms with Gasteiger partial charge in [0.1, 0.15) is 0 Å². The van der Waals surface area contributed by atoms with Gasteiger partial charge in [-0.3, -0.25) is 4.79 Å². The van der Waals surface area contributed by atoms with Gasteiger partial charge in [-0.1, -0.05) is 13.8 Å². The summed E-state index contributed by atoms with van der Waals surface area (Å²) in [7, 11) is 0. The molecule has 0 N–H and O–H groups in total. The number of aromatic nitrogens is 2. The molecule has 0 radical (unpaired) electrons. The second-order valence-electron chi connectivity index (χ2n) is 8.73. The number of nitrogens with zero attached hydrogens (tertiary/aromatic N) is 5. The Morgan fingerprint density at radius 1 is 0.963 bits per heavy atom. The van der Waals surface area contributed by atoms with Crippen LogP contribution in [0.1, 0.15) is 52.4 Å². The number of likely N-dealkylation sites (tertiary alicyclic amines) is 1. The van der Waals surface area contributed by atoms with Crippen molar-refractivity contribution in [2.75, 3.05) is 50.7 Å². The van der Waals surface area contributed by atoms with E-state index in [-0.39, 0.29) is 0 Å². The van der Waals surface area contributed by atoms with Crippen LogP contribution < -0.4 is 4.90 Å². The van der Waals surface area contributed by atoms with Crippen molar-refractivity contribution in [1.29, 1.82) is 0 Å². The molecule has 3 rings (SSSR count). The first-order chi connectivity index (χ1) is 13.0. The average Bonchev–Trinajstić information content (AvgIpc) is 2.98. The fraction of sp³-hybridized carbons (Fsp3) is 0.762. The third kappa shape index (κ3) is 6.16. The Balaban J connectivity index is 1.36. The predicted octanol–water partition coefficient (Wildman–Crippen LogP) is 2.81. The molecule has 0 bridgehead atoms. The van der Waals surface area contributed by atoms with Crippen molar-refractivity contribution in [3.8, 4) is 0 Å². The summed E-state index contributed by atoms with van der Waals surface area (Å²) in [6.07, 6.45) is 9.92. The monoisotopic (exact) mass is 373 g/mol. The van der Waals surface area contributed by atoms with Crippen molar-refractivity contribution in [2.45, 2.75) is 52.4 Å². The third-order valence-corrected chi connectivity index (χ3v) is 6.00. The van der Waals surface area contributed by atoms with Crippen LogP contribution in [0.4, 0.5) is 5.95 Å². The molecule has 2 aliphatic heterocycles. The van der Waals surface area contributed by atoms with E-state index in [9.17, 15) is 4.79 Å². The molecule has 0 spiro atoms. The van der Waals surface area contributed by atoms with E-state index in [1.165, 1.54) is 0 Å². The van der Waals surface area contributed by atoms with Crippen LogP contribution in [-0.4, -0.2) is 71.5 Å². The van der Waals surface area contributed by atoms with Crippen LogP contribution in [0.25, 0.3) is 0 Å². The molecule has 1 aromatic heterocycles. The topological polar surface area (TPSA) is 52.6 Å². The molecule has 0 aliphatic carbocycles. The summed E-state index contributed by atoms with van der Waals surface area (Å²) in [5, 5.41) is 0. The first-order valence-corrected chi connectivity index (χ1v) is 10.6. The molecule has 0 atom stereocenters. The molecule has 0 saturated carbocycles. The Hall–Kier alpha value is -1.69. The molecule has 1 amide bonds. The van der Waals surface area contributed by atoms with Crippen molar-refractivity contribution in [3.63, 3.8) is 0 Å². The molecule has 0 aromatic carbocycles. The van der Waals surface area contributed by atoms with Crippen molar-refractivity contribution in [1.82, 2.24) is 19.8 Å². The molecule has 6 heteroatoms. The molecule has 150 valence electrons. The molecule has 1 aromatic rings. The minimum absolute atomic E-state index is 0.310. The molecule has 2 aliphatic rings. The largest absolute Gasteiger partial charge is 0.343 e. The summed E-state index contributed by atoms with van der Waals surface area (Å²) >= 11 is 0. The summed E-state index contributed by atoms with van der Waals surface area (Å²) in [6, 6.07) is 1.86. The summed E-state index contributed by atoms with van der Waals surface area (Å²) < 4.78 is 0. The summed E-state index contributed by atoms with van der Waals surface area (Å²) in [6.45, 7) is 11.8. The van der Waals surface area contributed by atoms with Crippen molar-refractivity contribution < 1.29 is 4.79 Å². The van der Waals surface area contributed by atoms with E-state index in [1.54, 1.807) is 0 Å². The highest BCUT2D eigenvalue weighted by Gasteiger charge is 2.27. The molecule has 27 heavy (non-hydrogen) atoms. The predicted molar refractivity (Wildman–Crippen MR) is 109 cm³/mol. The fourth-order valence-electron chi connectivity index (χ4n) is 4.01. The minimum Gasteiger partial charge on any atom is -0.343 e. The number of carbonyl (C=O) groups is 1. The van der Waals surface area contributed by atoms with Crippen molar-refractivity contribution in [3.05, 3.63) is 18.5 Å². The Morgan fingerprint density at radius 2 is 1.74 bits per heavy atom. The van der Waals surface area contributed by atoms with Crippen LogP contribution in [0.15, 0.2) is 18.5 Å². The maximum absolute atomic E-state index is 12.3. The van der Waals surface area contributed by atoms with Gasteiger partial charge in [-0.05, 0) is 56.7 Å². The van der Waals surface area contributed by atoms with E-state index < -0.39 is 0 Å². The second-order valence-corrected chi connectivity index (χ2v) is 8.73. The van der Waals surface area contributed by atoms with Crippen molar-refractivity contribution in [2.24, 2.45) is 5.41 Å². The van der Waals surface area contributed by atoms with E-state index in [4.69, 9.17) is 0 Å². The number of carbonyl (C=O) groups excluding carboxylic acids is 1. The van der Waals surface area contributed by atoms with E-state index in [2.05, 4.69) is 38.5 Å². The molecule has 0 unspecified atom stereocenters. The van der Waals surface area contributed by atoms with Gasteiger partial charge in [0.2, 0.25) is 11.9 Å². The smallest absolute Gasteiger partial charge is 0.225 e. The maximum Gasteiger partial charge on any atom is 0.225 e. The lowest BCUT2D eigenvalue weighted by Crippen LogP contribution is -2.33. The minimum atomic E-state index is 0.310. The number of hydrogen-bond donors (Lipinski definition) is 0. The molecular weight excluding hydrogens is 338 g/mol. The first kappa shape index (κ1) is 20.1. The SMILES string of the molecule is CC1(C)CCC(=O)N(CCCCN2CCCN(c3ncccn3)CC2)CC1. The van der Waals surface area contributed by atoms with Crippen LogP contribution in [0.3, 0.4) is 0 Å². The zero-order valence-electron chi connectivity index (χ0n) is 17.1. The van der Waals surface area contributed by atoms with Crippen LogP contribution in [0.5, 0.6) is 0 Å². The Labute approximate surface area is 164 Å². The lowest BCUT2D eigenvalue weighted by molar-refractivity contribution is -0.130. The highest BCUT2D eigenvalue weighted by Crippen LogP contribution is 2.30. The van der Waals surface area contributed by atoms with Crippen LogP contribution in [-0.2, 0) is 4.79 Å². The van der Waals surface area contributed by atoms with Gasteiger partial charge in [-0.15, -0.1) is 0 Å². The molecular formula is C21H35N5O. The lowest BCUT2D eigenvalue weighted by Gasteiger charge is -2.24. The van der Waals surface area contributed by atoms with Crippen LogP contribution >= 0.6 is 0 Å². The lowest BCUT2D eigenvalue weighted by atomic mass is 9.85. The van der Waals surface area contributed by atoms with Gasteiger partial charge >= 0.3 is 0 Å². The highest BCUT2D eigenvalue weighted by atomic mass is 16.2. The standard InChI is InChI=1S/C21H35N5O/c1-21(2)8-7-19(27)25(16-9-21)14-4-3-12-24-13-6-15-26(18-17-24)20-22-10-5-11-23-20/h5,10-11H,3-4,6-9,12-18H2,1-2H3. The molecule has 2 fully saturated rings. The molecule has 3 heterocycles. The third-order valence-electron chi connectivity index (χ3n) is 6.00. The summed E-state index contributed by atoms with van der Waals surface area (Å²) in [4.78, 5) is 28.0. The zero-order valence-corrected chi connectivity index (χ0v) is 17.1. The maximum atomic E-state index is 12.3. The molecule has 6 nitrogen and oxygen atoms in total. The van der Waals surface area contributed by atoms with Crippen LogP contribution in [0, 0.1) is 5.41 Å². The van der Waals surface area contributed by atoms with Gasteiger partial charge in [0.05, 0.1) is 0 Å². The van der Waals surface area contributed by atoms with Gasteiger partial charge in [0.25, 0.3) is 0 Å². The summed E-state index contributed by atoms with van der Waals surface area (Å²) in [5.74, 6) is 1.20. The van der Waals surface area contributed by atoms with Gasteiger partial charge in [0.15, 0.2) is 0 Å². The molecule has 2 saturated heterocycles. The van der Waals surface area contributed by atoms with Gasteiger partial charge < -0.3 is 14.7 Å². The first-order valence-electron chi connectivity index (χ1n) is 10.6. The number of hydrogen-bond acceptors (Lipinski definition) is 5. The Morgan fingerprint density at radius 3 is 2.56 bits per heavy atom. The normalized spacial score (nSPS) is 21.8. The number of rotatable bonds is 6. The fourth-order valence-corrected chi connectivity index (χ4v) is 4.01. The Kier molecular flexibility index (Phi) is 7.05. The number of amides is 1. The van der Waals surface area contributed by atoms with E-state index in [0.29, 0.717) is 11.3 Å². The summed E-state index contributed by atoms with van der Waals surface area (Å²) in [5.41, 5.74) is 0.310. The number of unbranched alkanes of at least 4 members (excludes halogenated alkanes) is 1. The van der Waals surface area contributed by atoms with Gasteiger partial charge in [0, 0.05) is 51.5 Å². The van der Waals surface area contributed by atoms with Gasteiger partial charge in [-0.2, -0.15) is 0 Å².